The first-order valence-electron chi connectivity index (χ1n) is 4.42. The average Bonchev–Trinajstić information content (AvgIpc) is 2.52. The lowest BCUT2D eigenvalue weighted by atomic mass is 9.78. The van der Waals surface area contributed by atoms with Gasteiger partial charge in [-0.05, 0) is 18.9 Å². The minimum atomic E-state index is 0.165. The summed E-state index contributed by atoms with van der Waals surface area (Å²) in [4.78, 5) is 11.3. The molecule has 0 aliphatic heterocycles. The maximum absolute atomic E-state index is 11.3. The Morgan fingerprint density at radius 3 is 3.25 bits per heavy atom. The summed E-state index contributed by atoms with van der Waals surface area (Å²) >= 11 is 0. The van der Waals surface area contributed by atoms with Crippen molar-refractivity contribution in [2.24, 2.45) is 11.3 Å². The fourth-order valence-corrected chi connectivity index (χ4v) is 2.55. The molecule has 3 rings (SSSR count). The molecule has 0 fully saturated rings. The van der Waals surface area contributed by atoms with Crippen molar-refractivity contribution in [2.45, 2.75) is 12.8 Å². The molecule has 2 bridgehead atoms. The predicted octanol–water partition coefficient (Wildman–Crippen LogP) is 2.02. The van der Waals surface area contributed by atoms with Crippen LogP contribution in [0.2, 0.25) is 0 Å². The van der Waals surface area contributed by atoms with E-state index in [0.29, 0.717) is 0 Å². The van der Waals surface area contributed by atoms with Gasteiger partial charge in [-0.3, -0.25) is 4.79 Å². The highest BCUT2D eigenvalue weighted by Crippen LogP contribution is 2.52. The van der Waals surface area contributed by atoms with Gasteiger partial charge in [0.25, 0.3) is 0 Å². The maximum atomic E-state index is 11.3. The minimum absolute atomic E-state index is 0.165. The monoisotopic (exact) mass is 158 g/mol. The average molecular weight is 158 g/mol. The SMILES string of the molecule is O=C1C=CC23C=CCC2=CC1C3. The summed E-state index contributed by atoms with van der Waals surface area (Å²) < 4.78 is 0. The van der Waals surface area contributed by atoms with Crippen LogP contribution in [-0.2, 0) is 4.79 Å². The molecule has 0 saturated heterocycles. The number of ketones is 1. The van der Waals surface area contributed by atoms with Crippen LogP contribution in [0.5, 0.6) is 0 Å². The van der Waals surface area contributed by atoms with Crippen molar-refractivity contribution in [3.63, 3.8) is 0 Å². The van der Waals surface area contributed by atoms with E-state index in [2.05, 4.69) is 24.3 Å². The van der Waals surface area contributed by atoms with Gasteiger partial charge in [0.2, 0.25) is 0 Å². The van der Waals surface area contributed by atoms with E-state index in [1.165, 1.54) is 5.57 Å². The molecule has 0 aromatic rings. The molecular weight excluding hydrogens is 148 g/mol. The van der Waals surface area contributed by atoms with Gasteiger partial charge in [-0.1, -0.05) is 29.9 Å². The van der Waals surface area contributed by atoms with Crippen molar-refractivity contribution in [1.82, 2.24) is 0 Å². The van der Waals surface area contributed by atoms with E-state index in [9.17, 15) is 4.79 Å². The lowest BCUT2D eigenvalue weighted by molar-refractivity contribution is -0.117. The third-order valence-electron chi connectivity index (χ3n) is 3.22. The fraction of sp³-hybridized carbons (Fsp3) is 0.364. The van der Waals surface area contributed by atoms with Gasteiger partial charge in [-0.2, -0.15) is 0 Å². The Morgan fingerprint density at radius 1 is 1.42 bits per heavy atom. The summed E-state index contributed by atoms with van der Waals surface area (Å²) in [6.07, 6.45) is 12.5. The van der Waals surface area contributed by atoms with Crippen LogP contribution in [-0.4, -0.2) is 5.78 Å². The van der Waals surface area contributed by atoms with Crippen molar-refractivity contribution >= 4 is 5.78 Å². The van der Waals surface area contributed by atoms with E-state index >= 15 is 0 Å². The van der Waals surface area contributed by atoms with Crippen LogP contribution in [0.4, 0.5) is 0 Å². The van der Waals surface area contributed by atoms with Crippen LogP contribution in [0.25, 0.3) is 0 Å². The van der Waals surface area contributed by atoms with Crippen LogP contribution in [0.15, 0.2) is 36.0 Å². The van der Waals surface area contributed by atoms with Gasteiger partial charge in [-0.15, -0.1) is 0 Å². The van der Waals surface area contributed by atoms with Crippen molar-refractivity contribution in [3.05, 3.63) is 36.0 Å². The highest BCUT2D eigenvalue weighted by molar-refractivity contribution is 5.95. The number of rotatable bonds is 0. The van der Waals surface area contributed by atoms with E-state index in [4.69, 9.17) is 0 Å². The number of hydrogen-bond acceptors (Lipinski definition) is 1. The largest absolute Gasteiger partial charge is 0.294 e. The van der Waals surface area contributed by atoms with E-state index in [1.807, 2.05) is 0 Å². The summed E-state index contributed by atoms with van der Waals surface area (Å²) in [6, 6.07) is 0. The normalized spacial score (nSPS) is 41.8. The Bertz CT molecular complexity index is 346. The quantitative estimate of drug-likeness (QED) is 0.493. The molecule has 0 amide bonds. The van der Waals surface area contributed by atoms with Crippen LogP contribution in [0.3, 0.4) is 0 Å². The van der Waals surface area contributed by atoms with Gasteiger partial charge in [0.1, 0.15) is 0 Å². The first-order valence-corrected chi connectivity index (χ1v) is 4.42. The van der Waals surface area contributed by atoms with Gasteiger partial charge in [-0.25, -0.2) is 0 Å². The lowest BCUT2D eigenvalue weighted by Crippen LogP contribution is -2.20. The van der Waals surface area contributed by atoms with Crippen molar-refractivity contribution < 1.29 is 4.79 Å². The van der Waals surface area contributed by atoms with E-state index in [0.717, 1.165) is 12.8 Å². The molecule has 3 aliphatic carbocycles. The van der Waals surface area contributed by atoms with Gasteiger partial charge >= 0.3 is 0 Å². The number of carbonyl (C=O) groups is 1. The summed E-state index contributed by atoms with van der Waals surface area (Å²) in [5, 5.41) is 0. The third-order valence-corrected chi connectivity index (χ3v) is 3.22. The van der Waals surface area contributed by atoms with Crippen molar-refractivity contribution in [2.75, 3.05) is 0 Å². The minimum Gasteiger partial charge on any atom is -0.294 e. The van der Waals surface area contributed by atoms with E-state index < -0.39 is 0 Å². The smallest absolute Gasteiger partial charge is 0.162 e. The Morgan fingerprint density at radius 2 is 2.33 bits per heavy atom. The Hall–Kier alpha value is -1.11. The second kappa shape index (κ2) is 1.79. The number of allylic oxidation sites excluding steroid dienone is 6. The number of hydrogen-bond donors (Lipinski definition) is 0. The second-order valence-corrected chi connectivity index (χ2v) is 3.89. The molecule has 0 N–H and O–H groups in total. The second-order valence-electron chi connectivity index (χ2n) is 3.89. The Labute approximate surface area is 71.5 Å². The molecule has 12 heavy (non-hydrogen) atoms. The zero-order valence-electron chi connectivity index (χ0n) is 6.79. The van der Waals surface area contributed by atoms with E-state index in [-0.39, 0.29) is 17.1 Å². The molecule has 1 nitrogen and oxygen atoms in total. The summed E-state index contributed by atoms with van der Waals surface area (Å²) in [7, 11) is 0. The van der Waals surface area contributed by atoms with Crippen LogP contribution in [0.1, 0.15) is 12.8 Å². The van der Waals surface area contributed by atoms with Crippen LogP contribution in [0, 0.1) is 11.3 Å². The zero-order chi connectivity index (χ0) is 8.18. The molecule has 0 heterocycles. The number of carbonyl (C=O) groups excluding carboxylic acids is 1. The third kappa shape index (κ3) is 0.580. The highest BCUT2D eigenvalue weighted by atomic mass is 16.1. The van der Waals surface area contributed by atoms with Crippen molar-refractivity contribution in [3.8, 4) is 0 Å². The van der Waals surface area contributed by atoms with Gasteiger partial charge < -0.3 is 0 Å². The summed E-state index contributed by atoms with van der Waals surface area (Å²) in [6.45, 7) is 0. The standard InChI is InChI=1S/C11H10O/c12-10-3-5-11-4-1-2-9(11)6-8(10)7-11/h1,3-6,8H,2,7H2. The lowest BCUT2D eigenvalue weighted by Gasteiger charge is -2.24. The van der Waals surface area contributed by atoms with Crippen LogP contribution >= 0.6 is 0 Å². The zero-order valence-corrected chi connectivity index (χ0v) is 6.79. The molecule has 0 aromatic carbocycles. The molecule has 1 heteroatoms. The Kier molecular flexibility index (Phi) is 0.957. The first-order chi connectivity index (χ1) is 5.80. The maximum Gasteiger partial charge on any atom is 0.162 e. The van der Waals surface area contributed by atoms with Gasteiger partial charge in [0.15, 0.2) is 5.78 Å². The Balaban J connectivity index is 2.20. The number of fused-ring (bicyclic) bond motifs is 1. The molecule has 0 saturated carbocycles. The highest BCUT2D eigenvalue weighted by Gasteiger charge is 2.43. The molecule has 0 radical (unpaired) electrons. The molecule has 0 aromatic heterocycles. The summed E-state index contributed by atoms with van der Waals surface area (Å²) in [5.74, 6) is 0.478. The van der Waals surface area contributed by atoms with E-state index in [1.54, 1.807) is 6.08 Å². The molecule has 1 spiro atoms. The van der Waals surface area contributed by atoms with Gasteiger partial charge in [0.05, 0.1) is 0 Å². The summed E-state index contributed by atoms with van der Waals surface area (Å²) in [5.41, 5.74) is 1.60. The van der Waals surface area contributed by atoms with Crippen molar-refractivity contribution in [1.29, 1.82) is 0 Å². The van der Waals surface area contributed by atoms with Crippen LogP contribution < -0.4 is 0 Å². The molecule has 60 valence electrons. The molecule has 2 unspecified atom stereocenters. The fourth-order valence-electron chi connectivity index (χ4n) is 2.55. The topological polar surface area (TPSA) is 17.1 Å². The molecule has 3 aliphatic rings. The first kappa shape index (κ1) is 6.41. The molecular formula is C11H10O. The van der Waals surface area contributed by atoms with Gasteiger partial charge in [0, 0.05) is 11.3 Å². The molecule has 2 atom stereocenters. The predicted molar refractivity (Wildman–Crippen MR) is 46.5 cm³/mol.